The minimum atomic E-state index is -1.63. The van der Waals surface area contributed by atoms with E-state index >= 15 is 0 Å². The van der Waals surface area contributed by atoms with Gasteiger partial charge >= 0.3 is 23.9 Å². The molecule has 2 aliphatic heterocycles. The van der Waals surface area contributed by atoms with Crippen LogP contribution in [0.5, 0.6) is 0 Å². The summed E-state index contributed by atoms with van der Waals surface area (Å²) >= 11 is 4.00. The highest BCUT2D eigenvalue weighted by atomic mass is 32.1. The molecule has 2 rings (SSSR count). The molecule has 0 bridgehead atoms. The van der Waals surface area contributed by atoms with E-state index in [1.165, 1.54) is 0 Å². The fourth-order valence-corrected chi connectivity index (χ4v) is 4.02. The van der Waals surface area contributed by atoms with Crippen molar-refractivity contribution < 1.29 is 67.7 Å². The average molecular weight is 527 g/mol. The molecule has 14 nitrogen and oxygen atoms in total. The third-order valence-electron chi connectivity index (χ3n) is 5.08. The molecule has 0 aromatic rings. The van der Waals surface area contributed by atoms with Crippen LogP contribution in [-0.4, -0.2) is 113 Å². The number of carbonyl (C=O) groups excluding carboxylic acids is 4. The van der Waals surface area contributed by atoms with Gasteiger partial charge in [-0.15, -0.1) is 12.6 Å². The van der Waals surface area contributed by atoms with Crippen LogP contribution in [0.25, 0.3) is 0 Å². The van der Waals surface area contributed by atoms with Gasteiger partial charge in [0, 0.05) is 27.7 Å². The summed E-state index contributed by atoms with van der Waals surface area (Å²) in [4.78, 5) is 46.9. The largest absolute Gasteiger partial charge is 0.463 e. The number of hydrogen-bond acceptors (Lipinski definition) is 15. The fraction of sp³-hybridized carbons (Fsp3) is 0.800. The van der Waals surface area contributed by atoms with Crippen LogP contribution >= 0.6 is 12.6 Å². The summed E-state index contributed by atoms with van der Waals surface area (Å²) in [6.45, 7) is 3.18. The molecule has 0 aromatic heterocycles. The molecule has 10 atom stereocenters. The van der Waals surface area contributed by atoms with Crippen molar-refractivity contribution in [2.45, 2.75) is 88.3 Å². The number of aliphatic hydroxyl groups excluding tert-OH is 3. The van der Waals surface area contributed by atoms with Gasteiger partial charge in [0.2, 0.25) is 0 Å². The molecule has 2 aliphatic rings. The molecule has 15 heteroatoms. The molecule has 0 spiro atoms. The first-order valence-electron chi connectivity index (χ1n) is 10.6. The van der Waals surface area contributed by atoms with Gasteiger partial charge < -0.3 is 48.5 Å². The molecule has 2 fully saturated rings. The molecule has 0 aliphatic carbocycles. The summed E-state index contributed by atoms with van der Waals surface area (Å²) in [5.74, 6) is -3.18. The van der Waals surface area contributed by atoms with E-state index in [2.05, 4.69) is 12.6 Å². The van der Waals surface area contributed by atoms with Gasteiger partial charge in [-0.2, -0.15) is 0 Å². The number of thiol groups is 1. The molecule has 0 saturated carbocycles. The first-order valence-corrected chi connectivity index (χ1v) is 11.1. The van der Waals surface area contributed by atoms with E-state index in [1.54, 1.807) is 0 Å². The van der Waals surface area contributed by atoms with Gasteiger partial charge in [-0.05, 0) is 0 Å². The van der Waals surface area contributed by atoms with Crippen molar-refractivity contribution in [1.29, 1.82) is 0 Å². The van der Waals surface area contributed by atoms with E-state index in [1.807, 2.05) is 0 Å². The number of hydrogen-bond donors (Lipinski definition) is 4. The highest BCUT2D eigenvalue weighted by Gasteiger charge is 2.55. The Kier molecular flexibility index (Phi) is 10.7. The van der Waals surface area contributed by atoms with Crippen LogP contribution in [0, 0.1) is 0 Å². The zero-order chi connectivity index (χ0) is 26.4. The van der Waals surface area contributed by atoms with Crippen LogP contribution in [0.2, 0.25) is 0 Å². The number of aliphatic hydroxyl groups is 3. The first-order chi connectivity index (χ1) is 16.3. The van der Waals surface area contributed by atoms with E-state index < -0.39 is 97.6 Å². The van der Waals surface area contributed by atoms with Crippen molar-refractivity contribution in [2.75, 3.05) is 13.2 Å². The van der Waals surface area contributed by atoms with E-state index in [0.717, 1.165) is 27.7 Å². The lowest BCUT2D eigenvalue weighted by atomic mass is 9.96. The Balaban J connectivity index is 2.46. The maximum Gasteiger partial charge on any atom is 0.303 e. The Labute approximate surface area is 206 Å². The second-order valence-corrected chi connectivity index (χ2v) is 8.41. The minimum absolute atomic E-state index is 0.480. The SMILES string of the molecule is CC(=O)OC[C@H]1O[C@@H](O[C@H]2[C@H](O)[C@@H](O)[C@H](S)O[C@@H]2CO)[C@H](OC(C)=O)[C@@H](OC(C)=O)[C@H]1OC(C)=O. The van der Waals surface area contributed by atoms with Gasteiger partial charge in [0.1, 0.15) is 42.6 Å². The summed E-state index contributed by atoms with van der Waals surface area (Å²) in [5, 5.41) is 30.4. The van der Waals surface area contributed by atoms with E-state index in [9.17, 15) is 34.5 Å². The number of ether oxygens (including phenoxy) is 7. The molecular formula is C20H30O14S. The molecule has 0 radical (unpaired) electrons. The predicted octanol–water partition coefficient (Wildman–Crippen LogP) is -2.18. The summed E-state index contributed by atoms with van der Waals surface area (Å²) in [6.07, 6.45) is -13.1. The number of carbonyl (C=O) groups is 4. The third-order valence-corrected chi connectivity index (χ3v) is 5.51. The molecule has 0 aromatic carbocycles. The van der Waals surface area contributed by atoms with Gasteiger partial charge in [-0.3, -0.25) is 19.2 Å². The Bertz CT molecular complexity index is 775. The lowest BCUT2D eigenvalue weighted by molar-refractivity contribution is -0.340. The van der Waals surface area contributed by atoms with E-state index in [4.69, 9.17) is 33.2 Å². The molecular weight excluding hydrogens is 496 g/mol. The third kappa shape index (κ3) is 7.73. The van der Waals surface area contributed by atoms with Crippen molar-refractivity contribution >= 4 is 36.5 Å². The van der Waals surface area contributed by atoms with Gasteiger partial charge in [0.25, 0.3) is 0 Å². The van der Waals surface area contributed by atoms with Crippen LogP contribution in [0.1, 0.15) is 27.7 Å². The summed E-state index contributed by atoms with van der Waals surface area (Å²) < 4.78 is 37.7. The maximum atomic E-state index is 11.9. The van der Waals surface area contributed by atoms with Gasteiger partial charge in [-0.1, -0.05) is 0 Å². The molecule has 2 saturated heterocycles. The van der Waals surface area contributed by atoms with Gasteiger partial charge in [0.15, 0.2) is 24.6 Å². The van der Waals surface area contributed by atoms with Crippen LogP contribution in [-0.2, 0) is 52.3 Å². The lowest BCUT2D eigenvalue weighted by Gasteiger charge is -2.47. The van der Waals surface area contributed by atoms with Crippen molar-refractivity contribution in [3.05, 3.63) is 0 Å². The molecule has 0 amide bonds. The quantitative estimate of drug-likeness (QED) is 0.151. The normalized spacial score (nSPS) is 37.1. The van der Waals surface area contributed by atoms with Crippen LogP contribution in [0.3, 0.4) is 0 Å². The standard InChI is InChI=1S/C20H30O14S/c1-7(22)28-6-12-16(29-8(2)23)17(30-9(3)24)18(31-10(4)25)19(32-12)34-15-11(5-21)33-20(35)14(27)13(15)26/h11-21,26-27,35H,5-6H2,1-4H3/t11-,12-,13-,14-,15-,16+,17+,18-,19+,20+/m1/s1. The lowest BCUT2D eigenvalue weighted by Crippen LogP contribution is -2.66. The topological polar surface area (TPSA) is 194 Å². The molecule has 3 N–H and O–H groups in total. The Hall–Kier alpha value is -2.01. The van der Waals surface area contributed by atoms with Crippen molar-refractivity contribution in [1.82, 2.24) is 0 Å². The minimum Gasteiger partial charge on any atom is -0.463 e. The second kappa shape index (κ2) is 12.8. The smallest absolute Gasteiger partial charge is 0.303 e. The van der Waals surface area contributed by atoms with Crippen LogP contribution < -0.4 is 0 Å². The predicted molar refractivity (Wildman–Crippen MR) is 114 cm³/mol. The second-order valence-electron chi connectivity index (χ2n) is 7.90. The highest BCUT2D eigenvalue weighted by molar-refractivity contribution is 7.80. The number of rotatable bonds is 8. The van der Waals surface area contributed by atoms with Gasteiger partial charge in [-0.25, -0.2) is 0 Å². The van der Waals surface area contributed by atoms with Crippen LogP contribution in [0.4, 0.5) is 0 Å². The summed E-state index contributed by atoms with van der Waals surface area (Å²) in [5.41, 5.74) is -1.14. The Morgan fingerprint density at radius 2 is 1.29 bits per heavy atom. The molecule has 35 heavy (non-hydrogen) atoms. The first kappa shape index (κ1) is 29.2. The summed E-state index contributed by atoms with van der Waals surface area (Å²) in [7, 11) is 0. The summed E-state index contributed by atoms with van der Waals surface area (Å²) in [6, 6.07) is 0. The molecule has 0 unspecified atom stereocenters. The van der Waals surface area contributed by atoms with Crippen molar-refractivity contribution in [3.63, 3.8) is 0 Å². The number of esters is 4. The maximum absolute atomic E-state index is 11.9. The molecule has 200 valence electrons. The van der Waals surface area contributed by atoms with Crippen molar-refractivity contribution in [2.24, 2.45) is 0 Å². The zero-order valence-corrected chi connectivity index (χ0v) is 20.4. The average Bonchev–Trinajstić information content (AvgIpc) is 2.75. The van der Waals surface area contributed by atoms with Crippen molar-refractivity contribution in [3.8, 4) is 0 Å². The Morgan fingerprint density at radius 3 is 1.80 bits per heavy atom. The van der Waals surface area contributed by atoms with E-state index in [0.29, 0.717) is 0 Å². The van der Waals surface area contributed by atoms with Crippen LogP contribution in [0.15, 0.2) is 0 Å². The fourth-order valence-electron chi connectivity index (χ4n) is 3.69. The zero-order valence-electron chi connectivity index (χ0n) is 19.5. The Morgan fingerprint density at radius 1 is 0.743 bits per heavy atom. The van der Waals surface area contributed by atoms with E-state index in [-0.39, 0.29) is 0 Å². The monoisotopic (exact) mass is 526 g/mol. The highest BCUT2D eigenvalue weighted by Crippen LogP contribution is 2.33. The van der Waals surface area contributed by atoms with Gasteiger partial charge in [0.05, 0.1) is 6.61 Å². The molecule has 2 heterocycles.